The topological polar surface area (TPSA) is 17.2 Å². The Morgan fingerprint density at radius 1 is 1.46 bits per heavy atom. The fraction of sp³-hybridized carbons (Fsp3) is 0.273. The van der Waals surface area contributed by atoms with Crippen LogP contribution in [0.2, 0.25) is 0 Å². The fourth-order valence-electron chi connectivity index (χ4n) is 1.17. The van der Waals surface area contributed by atoms with Gasteiger partial charge in [0.15, 0.2) is 6.07 Å². The molecule has 0 saturated heterocycles. The summed E-state index contributed by atoms with van der Waals surface area (Å²) < 4.78 is 0. The number of aromatic nitrogens is 1. The van der Waals surface area contributed by atoms with Gasteiger partial charge in [-0.2, -0.15) is 4.85 Å². The van der Waals surface area contributed by atoms with Gasteiger partial charge in [0.2, 0.25) is 0 Å². The van der Waals surface area contributed by atoms with Gasteiger partial charge in [-0.15, -0.1) is 0 Å². The molecule has 0 aromatic carbocycles. The van der Waals surface area contributed by atoms with Crippen LogP contribution in [0.15, 0.2) is 24.4 Å². The van der Waals surface area contributed by atoms with Crippen molar-refractivity contribution in [2.75, 3.05) is 0 Å². The van der Waals surface area contributed by atoms with Crippen LogP contribution in [0, 0.1) is 11.5 Å². The predicted octanol–water partition coefficient (Wildman–Crippen LogP) is 3.10. The highest BCUT2D eigenvalue weighted by Crippen LogP contribution is 2.26. The fourth-order valence-corrected chi connectivity index (χ4v) is 1.17. The second-order valence-corrected chi connectivity index (χ2v) is 3.69. The standard InChI is InChI=1S/C11H11N2/c1-11(2)6-5-9-4-3-7-12-10(9)13-8-11/h3-7H,1-2H3/q+1. The SMILES string of the molecule is CC1(C)C#[N+]c2ncccc2C=C1. The monoisotopic (exact) mass is 171 g/mol. The van der Waals surface area contributed by atoms with Crippen molar-refractivity contribution in [1.29, 1.82) is 0 Å². The van der Waals surface area contributed by atoms with Gasteiger partial charge < -0.3 is 0 Å². The number of fused-ring (bicyclic) bond motifs is 1. The smallest absolute Gasteiger partial charge is 0.153 e. The number of pyridine rings is 1. The van der Waals surface area contributed by atoms with E-state index in [0.717, 1.165) is 11.4 Å². The van der Waals surface area contributed by atoms with Crippen LogP contribution in [0.1, 0.15) is 19.4 Å². The lowest BCUT2D eigenvalue weighted by molar-refractivity contribution is 0.658. The molecule has 1 aromatic heterocycles. The highest BCUT2D eigenvalue weighted by molar-refractivity contribution is 5.66. The summed E-state index contributed by atoms with van der Waals surface area (Å²) in [6.45, 7) is 4.14. The van der Waals surface area contributed by atoms with E-state index in [1.165, 1.54) is 0 Å². The maximum atomic E-state index is 4.22. The Bertz CT molecular complexity index is 419. The van der Waals surface area contributed by atoms with E-state index >= 15 is 0 Å². The van der Waals surface area contributed by atoms with Gasteiger partial charge in [0.05, 0.1) is 11.0 Å². The first-order valence-electron chi connectivity index (χ1n) is 4.30. The van der Waals surface area contributed by atoms with Crippen molar-refractivity contribution in [3.8, 4) is 6.07 Å². The molecule has 1 aromatic rings. The number of nitrogens with zero attached hydrogens (tertiary/aromatic N) is 2. The molecular weight excluding hydrogens is 160 g/mol. The number of rotatable bonds is 0. The molecule has 2 nitrogen and oxygen atoms in total. The van der Waals surface area contributed by atoms with Crippen LogP contribution in [0.5, 0.6) is 0 Å². The molecule has 0 atom stereocenters. The van der Waals surface area contributed by atoms with Gasteiger partial charge in [0.1, 0.15) is 6.20 Å². The molecule has 1 aliphatic rings. The Kier molecular flexibility index (Phi) is 1.66. The van der Waals surface area contributed by atoms with E-state index in [2.05, 4.69) is 35.8 Å². The molecule has 0 bridgehead atoms. The zero-order valence-electron chi connectivity index (χ0n) is 7.78. The van der Waals surface area contributed by atoms with Crippen molar-refractivity contribution in [3.63, 3.8) is 0 Å². The Morgan fingerprint density at radius 2 is 2.31 bits per heavy atom. The molecule has 0 radical (unpaired) electrons. The first kappa shape index (κ1) is 8.00. The van der Waals surface area contributed by atoms with Gasteiger partial charge in [-0.3, -0.25) is 0 Å². The molecule has 0 saturated carbocycles. The predicted molar refractivity (Wildman–Crippen MR) is 54.0 cm³/mol. The van der Waals surface area contributed by atoms with Crippen LogP contribution in [0.4, 0.5) is 5.82 Å². The van der Waals surface area contributed by atoms with Crippen LogP contribution >= 0.6 is 0 Å². The van der Waals surface area contributed by atoms with Crippen molar-refractivity contribution >= 4 is 11.9 Å². The summed E-state index contributed by atoms with van der Waals surface area (Å²) in [4.78, 5) is 8.38. The average Bonchev–Trinajstić information content (AvgIpc) is 2.27. The van der Waals surface area contributed by atoms with Crippen LogP contribution in [0.25, 0.3) is 10.9 Å². The van der Waals surface area contributed by atoms with E-state index in [4.69, 9.17) is 0 Å². The molecule has 1 aliphatic heterocycles. The maximum Gasteiger partial charge on any atom is 0.432 e. The lowest BCUT2D eigenvalue weighted by Gasteiger charge is -2.03. The summed E-state index contributed by atoms with van der Waals surface area (Å²) >= 11 is 0. The molecule has 2 rings (SSSR count). The first-order valence-corrected chi connectivity index (χ1v) is 4.30. The van der Waals surface area contributed by atoms with Gasteiger partial charge in [-0.1, -0.05) is 6.08 Å². The van der Waals surface area contributed by atoms with Crippen LogP contribution in [-0.2, 0) is 0 Å². The van der Waals surface area contributed by atoms with Crippen LogP contribution in [-0.4, -0.2) is 4.98 Å². The van der Waals surface area contributed by atoms with E-state index in [1.807, 2.05) is 18.2 Å². The van der Waals surface area contributed by atoms with Gasteiger partial charge in [0, 0.05) is 0 Å². The van der Waals surface area contributed by atoms with Gasteiger partial charge in [-0.05, 0) is 37.0 Å². The second kappa shape index (κ2) is 2.70. The molecule has 13 heavy (non-hydrogen) atoms. The first-order chi connectivity index (χ1) is 6.17. The van der Waals surface area contributed by atoms with Crippen molar-refractivity contribution in [2.45, 2.75) is 13.8 Å². The van der Waals surface area contributed by atoms with E-state index in [-0.39, 0.29) is 5.41 Å². The minimum Gasteiger partial charge on any atom is -0.153 e. The number of allylic oxidation sites excluding steroid dienone is 1. The maximum absolute atomic E-state index is 4.22. The minimum absolute atomic E-state index is 0.0965. The van der Waals surface area contributed by atoms with Crippen molar-refractivity contribution in [1.82, 2.24) is 4.98 Å². The van der Waals surface area contributed by atoms with Crippen molar-refractivity contribution in [3.05, 3.63) is 34.8 Å². The lowest BCUT2D eigenvalue weighted by Crippen LogP contribution is -2.00. The molecule has 2 heterocycles. The molecule has 0 fully saturated rings. The third kappa shape index (κ3) is 1.59. The largest absolute Gasteiger partial charge is 0.432 e. The molecule has 0 aliphatic carbocycles. The summed E-state index contributed by atoms with van der Waals surface area (Å²) in [6.07, 6.45) is 5.88. The summed E-state index contributed by atoms with van der Waals surface area (Å²) in [6, 6.07) is 6.97. The van der Waals surface area contributed by atoms with Crippen molar-refractivity contribution < 1.29 is 0 Å². The van der Waals surface area contributed by atoms with Crippen LogP contribution < -0.4 is 0 Å². The highest BCUT2D eigenvalue weighted by Gasteiger charge is 2.20. The molecule has 2 heteroatoms. The summed E-state index contributed by atoms with van der Waals surface area (Å²) in [5.41, 5.74) is 0.960. The van der Waals surface area contributed by atoms with E-state index in [9.17, 15) is 0 Å². The number of hydrogen-bond acceptors (Lipinski definition) is 1. The molecule has 64 valence electrons. The molecule has 0 amide bonds. The van der Waals surface area contributed by atoms with E-state index in [1.54, 1.807) is 6.20 Å². The average molecular weight is 171 g/mol. The second-order valence-electron chi connectivity index (χ2n) is 3.69. The van der Waals surface area contributed by atoms with Crippen molar-refractivity contribution in [2.24, 2.45) is 5.41 Å². The summed E-state index contributed by atoms with van der Waals surface area (Å²) in [5.74, 6) is 0.754. The Balaban J connectivity index is 2.58. The van der Waals surface area contributed by atoms with Crippen LogP contribution in [0.3, 0.4) is 0 Å². The third-order valence-corrected chi connectivity index (χ3v) is 1.95. The molecule has 0 N–H and O–H groups in total. The van der Waals surface area contributed by atoms with Gasteiger partial charge >= 0.3 is 5.82 Å². The summed E-state index contributed by atoms with van der Waals surface area (Å²) in [7, 11) is 0. The third-order valence-electron chi connectivity index (χ3n) is 1.95. The Labute approximate surface area is 77.7 Å². The quantitative estimate of drug-likeness (QED) is 0.586. The highest BCUT2D eigenvalue weighted by atomic mass is 14.9. The normalized spacial score (nSPS) is 16.8. The van der Waals surface area contributed by atoms with E-state index in [0.29, 0.717) is 0 Å². The zero-order chi connectivity index (χ0) is 9.31. The molecule has 0 unspecified atom stereocenters. The number of hydrogen-bond donors (Lipinski definition) is 0. The lowest BCUT2D eigenvalue weighted by atomic mass is 9.95. The Morgan fingerprint density at radius 3 is 3.15 bits per heavy atom. The summed E-state index contributed by atoms with van der Waals surface area (Å²) in [5, 5.41) is 0. The molecule has 0 spiro atoms. The van der Waals surface area contributed by atoms with E-state index < -0.39 is 0 Å². The van der Waals surface area contributed by atoms with Gasteiger partial charge in [0.25, 0.3) is 0 Å². The molecular formula is C11H11N2+. The van der Waals surface area contributed by atoms with Gasteiger partial charge in [-0.25, -0.2) is 0 Å². The minimum atomic E-state index is -0.0965. The zero-order valence-corrected chi connectivity index (χ0v) is 7.78. The Hall–Kier alpha value is -1.62.